The minimum Gasteiger partial charge on any atom is -0.342 e. The van der Waals surface area contributed by atoms with Gasteiger partial charge in [0.1, 0.15) is 0 Å². The summed E-state index contributed by atoms with van der Waals surface area (Å²) in [6, 6.07) is 9.46. The van der Waals surface area contributed by atoms with Gasteiger partial charge in [-0.05, 0) is 43.2 Å². The molecule has 0 bridgehead atoms. The zero-order valence-corrected chi connectivity index (χ0v) is 16.0. The molecule has 0 spiro atoms. The fourth-order valence-electron chi connectivity index (χ4n) is 4.93. The molecule has 3 aliphatic rings. The monoisotopic (exact) mass is 369 g/mol. The molecule has 2 atom stereocenters. The predicted octanol–water partition coefficient (Wildman–Crippen LogP) is 4.02. The van der Waals surface area contributed by atoms with Crippen molar-refractivity contribution in [2.45, 2.75) is 57.4 Å². The highest BCUT2D eigenvalue weighted by molar-refractivity contribution is 5.89. The van der Waals surface area contributed by atoms with Crippen LogP contribution in [-0.4, -0.2) is 36.0 Å². The van der Waals surface area contributed by atoms with Crippen molar-refractivity contribution in [3.05, 3.63) is 30.3 Å². The summed E-state index contributed by atoms with van der Waals surface area (Å²) in [6.07, 6.45) is 9.53. The first-order chi connectivity index (χ1) is 13.2. The lowest BCUT2D eigenvalue weighted by molar-refractivity contribution is -0.134. The highest BCUT2D eigenvalue weighted by Gasteiger charge is 2.49. The van der Waals surface area contributed by atoms with E-state index in [9.17, 15) is 9.59 Å². The Morgan fingerprint density at radius 3 is 2.33 bits per heavy atom. The van der Waals surface area contributed by atoms with Gasteiger partial charge in [0.05, 0.1) is 0 Å². The quantitative estimate of drug-likeness (QED) is 0.842. The molecular formula is C22H31N3O2. The smallest absolute Gasteiger partial charge is 0.319 e. The van der Waals surface area contributed by atoms with Crippen LogP contribution in [0.5, 0.6) is 0 Å². The molecule has 0 aromatic heterocycles. The third kappa shape index (κ3) is 4.63. The fraction of sp³-hybridized carbons (Fsp3) is 0.636. The van der Waals surface area contributed by atoms with Gasteiger partial charge in [-0.2, -0.15) is 0 Å². The first-order valence-electron chi connectivity index (χ1n) is 10.6. The molecule has 1 aromatic rings. The lowest BCUT2D eigenvalue weighted by atomic mass is 9.85. The average Bonchev–Trinajstić information content (AvgIpc) is 3.50. The molecule has 5 heteroatoms. The van der Waals surface area contributed by atoms with Gasteiger partial charge in [-0.1, -0.05) is 50.3 Å². The second-order valence-electron chi connectivity index (χ2n) is 8.47. The van der Waals surface area contributed by atoms with E-state index in [0.717, 1.165) is 44.0 Å². The molecule has 27 heavy (non-hydrogen) atoms. The summed E-state index contributed by atoms with van der Waals surface area (Å²) in [5, 5.41) is 5.91. The average molecular weight is 370 g/mol. The van der Waals surface area contributed by atoms with Crippen LogP contribution in [0.25, 0.3) is 0 Å². The van der Waals surface area contributed by atoms with Crippen molar-refractivity contribution in [3.63, 3.8) is 0 Å². The van der Waals surface area contributed by atoms with E-state index in [0.29, 0.717) is 17.7 Å². The number of para-hydroxylation sites is 1. The molecule has 3 amide bonds. The van der Waals surface area contributed by atoms with Gasteiger partial charge in [0.15, 0.2) is 0 Å². The first kappa shape index (κ1) is 18.3. The highest BCUT2D eigenvalue weighted by atomic mass is 16.2. The molecule has 146 valence electrons. The van der Waals surface area contributed by atoms with Crippen molar-refractivity contribution in [2.24, 2.45) is 17.8 Å². The number of hydrogen-bond donors (Lipinski definition) is 2. The largest absolute Gasteiger partial charge is 0.342 e. The van der Waals surface area contributed by atoms with Gasteiger partial charge in [-0.3, -0.25) is 4.79 Å². The second kappa shape index (κ2) is 8.32. The SMILES string of the molecule is O=C(Nc1ccccc1)NC1CCN(C(=O)C2CC2C2CCCCC2)CC1. The fourth-order valence-corrected chi connectivity index (χ4v) is 4.93. The lowest BCUT2D eigenvalue weighted by Gasteiger charge is -2.33. The summed E-state index contributed by atoms with van der Waals surface area (Å²) in [4.78, 5) is 27.0. The van der Waals surface area contributed by atoms with E-state index in [-0.39, 0.29) is 12.1 Å². The van der Waals surface area contributed by atoms with Gasteiger partial charge in [-0.15, -0.1) is 0 Å². The highest BCUT2D eigenvalue weighted by Crippen LogP contribution is 2.50. The number of rotatable bonds is 4. The Hall–Kier alpha value is -2.04. The molecule has 3 fully saturated rings. The Labute approximate surface area is 161 Å². The molecular weight excluding hydrogens is 338 g/mol. The summed E-state index contributed by atoms with van der Waals surface area (Å²) in [5.74, 6) is 2.12. The van der Waals surface area contributed by atoms with Crippen molar-refractivity contribution < 1.29 is 9.59 Å². The van der Waals surface area contributed by atoms with Crippen LogP contribution in [0, 0.1) is 17.8 Å². The standard InChI is InChI=1S/C22H31N3O2/c26-21(20-15-19(20)16-7-3-1-4-8-16)25-13-11-18(12-14-25)24-22(27)23-17-9-5-2-6-10-17/h2,5-6,9-10,16,18-20H,1,3-4,7-8,11-15H2,(H2,23,24,27). The van der Waals surface area contributed by atoms with E-state index in [1.165, 1.54) is 32.1 Å². The molecule has 2 N–H and O–H groups in total. The van der Waals surface area contributed by atoms with Crippen molar-refractivity contribution in [2.75, 3.05) is 18.4 Å². The summed E-state index contributed by atoms with van der Waals surface area (Å²) in [5.41, 5.74) is 0.796. The molecule has 1 aromatic carbocycles. The minimum atomic E-state index is -0.162. The van der Waals surface area contributed by atoms with Crippen LogP contribution in [0.15, 0.2) is 30.3 Å². The second-order valence-corrected chi connectivity index (χ2v) is 8.47. The zero-order chi connectivity index (χ0) is 18.6. The van der Waals surface area contributed by atoms with E-state index in [1.807, 2.05) is 35.2 Å². The number of hydrogen-bond acceptors (Lipinski definition) is 2. The molecule has 0 radical (unpaired) electrons. The summed E-state index contributed by atoms with van der Waals surface area (Å²) >= 11 is 0. The van der Waals surface area contributed by atoms with Crippen LogP contribution >= 0.6 is 0 Å². The molecule has 5 nitrogen and oxygen atoms in total. The van der Waals surface area contributed by atoms with Crippen LogP contribution in [0.1, 0.15) is 51.4 Å². The van der Waals surface area contributed by atoms with E-state index >= 15 is 0 Å². The van der Waals surface area contributed by atoms with Gasteiger partial charge in [0, 0.05) is 30.7 Å². The number of nitrogens with zero attached hydrogens (tertiary/aromatic N) is 1. The molecule has 2 saturated carbocycles. The molecule has 1 heterocycles. The summed E-state index contributed by atoms with van der Waals surface area (Å²) < 4.78 is 0. The minimum absolute atomic E-state index is 0.145. The van der Waals surface area contributed by atoms with Crippen LogP contribution in [0.3, 0.4) is 0 Å². The van der Waals surface area contributed by atoms with E-state index in [1.54, 1.807) is 0 Å². The van der Waals surface area contributed by atoms with Gasteiger partial charge in [0.2, 0.25) is 5.91 Å². The lowest BCUT2D eigenvalue weighted by Crippen LogP contribution is -2.48. The van der Waals surface area contributed by atoms with Gasteiger partial charge in [-0.25, -0.2) is 4.79 Å². The normalized spacial score (nSPS) is 26.4. The van der Waals surface area contributed by atoms with Crippen LogP contribution in [0.4, 0.5) is 10.5 Å². The predicted molar refractivity (Wildman–Crippen MR) is 106 cm³/mol. The number of carbonyl (C=O) groups excluding carboxylic acids is 2. The Balaban J connectivity index is 1.19. The van der Waals surface area contributed by atoms with Crippen molar-refractivity contribution in [1.29, 1.82) is 0 Å². The van der Waals surface area contributed by atoms with Crippen LogP contribution in [-0.2, 0) is 4.79 Å². The Bertz CT molecular complexity index is 649. The maximum Gasteiger partial charge on any atom is 0.319 e. The number of anilines is 1. The molecule has 2 unspecified atom stereocenters. The topological polar surface area (TPSA) is 61.4 Å². The molecule has 4 rings (SSSR count). The number of amides is 3. The van der Waals surface area contributed by atoms with Gasteiger partial charge >= 0.3 is 6.03 Å². The Morgan fingerprint density at radius 2 is 1.63 bits per heavy atom. The number of carbonyl (C=O) groups is 2. The number of urea groups is 1. The first-order valence-corrected chi connectivity index (χ1v) is 10.6. The molecule has 1 aliphatic heterocycles. The Kier molecular flexibility index (Phi) is 5.65. The third-order valence-electron chi connectivity index (χ3n) is 6.59. The van der Waals surface area contributed by atoms with Crippen LogP contribution < -0.4 is 10.6 Å². The third-order valence-corrected chi connectivity index (χ3v) is 6.59. The van der Waals surface area contributed by atoms with Crippen LogP contribution in [0.2, 0.25) is 0 Å². The molecule has 1 saturated heterocycles. The van der Waals surface area contributed by atoms with E-state index in [2.05, 4.69) is 10.6 Å². The van der Waals surface area contributed by atoms with E-state index in [4.69, 9.17) is 0 Å². The number of nitrogens with one attached hydrogen (secondary N) is 2. The van der Waals surface area contributed by atoms with Gasteiger partial charge < -0.3 is 15.5 Å². The van der Waals surface area contributed by atoms with E-state index < -0.39 is 0 Å². The maximum atomic E-state index is 12.8. The van der Waals surface area contributed by atoms with Crippen molar-refractivity contribution in [3.8, 4) is 0 Å². The Morgan fingerprint density at radius 1 is 0.926 bits per heavy atom. The summed E-state index contributed by atoms with van der Waals surface area (Å²) in [6.45, 7) is 1.53. The maximum absolute atomic E-state index is 12.8. The zero-order valence-electron chi connectivity index (χ0n) is 16.0. The number of piperidine rings is 1. The number of benzene rings is 1. The van der Waals surface area contributed by atoms with Gasteiger partial charge in [0.25, 0.3) is 0 Å². The number of likely N-dealkylation sites (tertiary alicyclic amines) is 1. The summed E-state index contributed by atoms with van der Waals surface area (Å²) in [7, 11) is 0. The van der Waals surface area contributed by atoms with Crippen molar-refractivity contribution >= 4 is 17.6 Å². The molecule has 2 aliphatic carbocycles. The van der Waals surface area contributed by atoms with Crippen molar-refractivity contribution in [1.82, 2.24) is 10.2 Å².